The van der Waals surface area contributed by atoms with E-state index < -0.39 is 0 Å². The standard InChI is InChI=1S/C11H12O3/c1-2-9(12)5-3-8-4-6-10(13)11(14)7-8/h2,4,6-7,13-14H,1,3,5H2. The normalized spacial score (nSPS) is 9.71. The van der Waals surface area contributed by atoms with Crippen molar-refractivity contribution >= 4 is 5.78 Å². The van der Waals surface area contributed by atoms with Crippen LogP contribution in [0.3, 0.4) is 0 Å². The molecule has 0 saturated carbocycles. The minimum absolute atomic E-state index is 0.0300. The van der Waals surface area contributed by atoms with Crippen molar-refractivity contribution in [2.75, 3.05) is 0 Å². The molecule has 1 rings (SSSR count). The molecule has 2 N–H and O–H groups in total. The Labute approximate surface area is 82.3 Å². The summed E-state index contributed by atoms with van der Waals surface area (Å²) in [5.41, 5.74) is 0.815. The van der Waals surface area contributed by atoms with E-state index in [0.29, 0.717) is 12.8 Å². The predicted octanol–water partition coefficient (Wildman–Crippen LogP) is 1.79. The van der Waals surface area contributed by atoms with Crippen LogP contribution in [0.15, 0.2) is 30.9 Å². The maximum absolute atomic E-state index is 10.9. The van der Waals surface area contributed by atoms with Gasteiger partial charge < -0.3 is 10.2 Å². The zero-order valence-corrected chi connectivity index (χ0v) is 7.73. The third-order valence-corrected chi connectivity index (χ3v) is 1.93. The number of benzene rings is 1. The fourth-order valence-corrected chi connectivity index (χ4v) is 1.09. The summed E-state index contributed by atoms with van der Waals surface area (Å²) in [5.74, 6) is -0.338. The van der Waals surface area contributed by atoms with E-state index in [2.05, 4.69) is 6.58 Å². The highest BCUT2D eigenvalue weighted by Gasteiger charge is 2.02. The number of phenolic OH excluding ortho intramolecular Hbond substituents is 2. The second-order valence-corrected chi connectivity index (χ2v) is 2.99. The van der Waals surface area contributed by atoms with Crippen LogP contribution in [0.1, 0.15) is 12.0 Å². The van der Waals surface area contributed by atoms with E-state index in [-0.39, 0.29) is 17.3 Å². The number of hydrogen-bond acceptors (Lipinski definition) is 3. The Kier molecular flexibility index (Phi) is 3.29. The quantitative estimate of drug-likeness (QED) is 0.564. The summed E-state index contributed by atoms with van der Waals surface area (Å²) in [4.78, 5) is 10.9. The number of rotatable bonds is 4. The number of allylic oxidation sites excluding steroid dienone is 1. The summed E-state index contributed by atoms with van der Waals surface area (Å²) < 4.78 is 0. The molecule has 0 fully saturated rings. The average molecular weight is 192 g/mol. The molecular weight excluding hydrogens is 180 g/mol. The molecule has 0 amide bonds. The molecule has 74 valence electrons. The lowest BCUT2D eigenvalue weighted by Gasteiger charge is -2.01. The highest BCUT2D eigenvalue weighted by molar-refractivity contribution is 5.89. The summed E-state index contributed by atoms with van der Waals surface area (Å²) in [6.07, 6.45) is 2.19. The van der Waals surface area contributed by atoms with Crippen molar-refractivity contribution in [3.63, 3.8) is 0 Å². The largest absolute Gasteiger partial charge is 0.504 e. The molecule has 0 atom stereocenters. The fourth-order valence-electron chi connectivity index (χ4n) is 1.09. The minimum Gasteiger partial charge on any atom is -0.504 e. The molecule has 1 aromatic carbocycles. The molecular formula is C11H12O3. The molecule has 0 aliphatic heterocycles. The van der Waals surface area contributed by atoms with Gasteiger partial charge in [-0.15, -0.1) is 0 Å². The molecule has 0 aromatic heterocycles. The molecule has 3 nitrogen and oxygen atoms in total. The van der Waals surface area contributed by atoms with Crippen LogP contribution in [-0.4, -0.2) is 16.0 Å². The van der Waals surface area contributed by atoms with Gasteiger partial charge in [0, 0.05) is 6.42 Å². The van der Waals surface area contributed by atoms with Crippen LogP contribution in [0.4, 0.5) is 0 Å². The van der Waals surface area contributed by atoms with Crippen molar-refractivity contribution < 1.29 is 15.0 Å². The van der Waals surface area contributed by atoms with Crippen LogP contribution in [0.2, 0.25) is 0 Å². The van der Waals surface area contributed by atoms with E-state index in [4.69, 9.17) is 10.2 Å². The van der Waals surface area contributed by atoms with Gasteiger partial charge in [0.2, 0.25) is 0 Å². The van der Waals surface area contributed by atoms with E-state index in [1.165, 1.54) is 18.2 Å². The van der Waals surface area contributed by atoms with Gasteiger partial charge in [0.25, 0.3) is 0 Å². The first-order valence-electron chi connectivity index (χ1n) is 4.29. The van der Waals surface area contributed by atoms with E-state index in [1.807, 2.05) is 0 Å². The van der Waals surface area contributed by atoms with Crippen LogP contribution < -0.4 is 0 Å². The minimum atomic E-state index is -0.159. The second kappa shape index (κ2) is 4.46. The Bertz CT molecular complexity index is 356. The third kappa shape index (κ3) is 2.62. The topological polar surface area (TPSA) is 57.5 Å². The van der Waals surface area contributed by atoms with Gasteiger partial charge in [-0.1, -0.05) is 12.6 Å². The van der Waals surface area contributed by atoms with Gasteiger partial charge >= 0.3 is 0 Å². The van der Waals surface area contributed by atoms with Crippen LogP contribution >= 0.6 is 0 Å². The van der Waals surface area contributed by atoms with Gasteiger partial charge in [-0.3, -0.25) is 4.79 Å². The zero-order chi connectivity index (χ0) is 10.6. The molecule has 0 saturated heterocycles. The van der Waals surface area contributed by atoms with Crippen molar-refractivity contribution in [2.24, 2.45) is 0 Å². The summed E-state index contributed by atoms with van der Waals surface area (Å²) >= 11 is 0. The van der Waals surface area contributed by atoms with Crippen molar-refractivity contribution in [3.05, 3.63) is 36.4 Å². The first-order valence-corrected chi connectivity index (χ1v) is 4.29. The first-order chi connectivity index (χ1) is 6.63. The number of phenols is 2. The molecule has 0 spiro atoms. The molecule has 14 heavy (non-hydrogen) atoms. The molecule has 1 aromatic rings. The van der Waals surface area contributed by atoms with Crippen molar-refractivity contribution in [1.29, 1.82) is 0 Å². The van der Waals surface area contributed by atoms with Crippen molar-refractivity contribution in [2.45, 2.75) is 12.8 Å². The SMILES string of the molecule is C=CC(=O)CCc1ccc(O)c(O)c1. The Morgan fingerprint density at radius 2 is 2.07 bits per heavy atom. The Morgan fingerprint density at radius 1 is 1.36 bits per heavy atom. The van der Waals surface area contributed by atoms with E-state index in [1.54, 1.807) is 6.07 Å². The van der Waals surface area contributed by atoms with Gasteiger partial charge in [-0.05, 0) is 30.2 Å². The van der Waals surface area contributed by atoms with Crippen LogP contribution in [0.5, 0.6) is 11.5 Å². The monoisotopic (exact) mass is 192 g/mol. The third-order valence-electron chi connectivity index (χ3n) is 1.93. The lowest BCUT2D eigenvalue weighted by molar-refractivity contribution is -0.114. The zero-order valence-electron chi connectivity index (χ0n) is 7.73. The van der Waals surface area contributed by atoms with Gasteiger partial charge in [-0.25, -0.2) is 0 Å². The lowest BCUT2D eigenvalue weighted by Crippen LogP contribution is -1.95. The van der Waals surface area contributed by atoms with Gasteiger partial charge in [-0.2, -0.15) is 0 Å². The molecule has 0 radical (unpaired) electrons. The van der Waals surface area contributed by atoms with E-state index in [9.17, 15) is 4.79 Å². The molecule has 0 aliphatic rings. The fraction of sp³-hybridized carbons (Fsp3) is 0.182. The molecule has 3 heteroatoms. The highest BCUT2D eigenvalue weighted by atomic mass is 16.3. The summed E-state index contributed by atoms with van der Waals surface area (Å²) in [7, 11) is 0. The van der Waals surface area contributed by atoms with E-state index in [0.717, 1.165) is 5.56 Å². The number of carbonyl (C=O) groups is 1. The van der Waals surface area contributed by atoms with Crippen LogP contribution in [0.25, 0.3) is 0 Å². The summed E-state index contributed by atoms with van der Waals surface area (Å²) in [5, 5.41) is 18.2. The second-order valence-electron chi connectivity index (χ2n) is 2.99. The van der Waals surface area contributed by atoms with Gasteiger partial charge in [0.1, 0.15) is 0 Å². The number of ketones is 1. The first kappa shape index (κ1) is 10.3. The van der Waals surface area contributed by atoms with Crippen LogP contribution in [0, 0.1) is 0 Å². The Hall–Kier alpha value is -1.77. The maximum Gasteiger partial charge on any atom is 0.157 e. The van der Waals surface area contributed by atoms with Crippen LogP contribution in [-0.2, 0) is 11.2 Å². The van der Waals surface area contributed by atoms with Crippen molar-refractivity contribution in [1.82, 2.24) is 0 Å². The maximum atomic E-state index is 10.9. The number of hydrogen-bond donors (Lipinski definition) is 2. The number of aryl methyl sites for hydroxylation is 1. The molecule has 0 unspecified atom stereocenters. The van der Waals surface area contributed by atoms with Crippen molar-refractivity contribution in [3.8, 4) is 11.5 Å². The summed E-state index contributed by atoms with van der Waals surface area (Å²) in [6, 6.07) is 4.53. The van der Waals surface area contributed by atoms with Gasteiger partial charge in [0.05, 0.1) is 0 Å². The number of aromatic hydroxyl groups is 2. The smallest absolute Gasteiger partial charge is 0.157 e. The average Bonchev–Trinajstić information content (AvgIpc) is 2.19. The lowest BCUT2D eigenvalue weighted by atomic mass is 10.1. The molecule has 0 bridgehead atoms. The predicted molar refractivity (Wildman–Crippen MR) is 53.3 cm³/mol. The Balaban J connectivity index is 2.64. The van der Waals surface area contributed by atoms with E-state index >= 15 is 0 Å². The molecule has 0 heterocycles. The highest BCUT2D eigenvalue weighted by Crippen LogP contribution is 2.25. The van der Waals surface area contributed by atoms with Gasteiger partial charge in [0.15, 0.2) is 17.3 Å². The number of carbonyl (C=O) groups excluding carboxylic acids is 1. The molecule has 0 aliphatic carbocycles. The summed E-state index contributed by atoms with van der Waals surface area (Å²) in [6.45, 7) is 3.37. The Morgan fingerprint density at radius 3 is 2.64 bits per heavy atom.